The van der Waals surface area contributed by atoms with Crippen LogP contribution >= 0.6 is 0 Å². The van der Waals surface area contributed by atoms with E-state index >= 15 is 0 Å². The fraction of sp³-hybridized carbons (Fsp3) is 0.273. The molecule has 5 nitrogen and oxygen atoms in total. The molecule has 0 saturated heterocycles. The number of amides is 2. The zero-order valence-electron chi connectivity index (χ0n) is 9.28. The van der Waals surface area contributed by atoms with Gasteiger partial charge >= 0.3 is 0 Å². The number of nitrogen functional groups attached to an aromatic ring is 1. The highest BCUT2D eigenvalue weighted by atomic mass is 16.2. The molecule has 1 aromatic carbocycles. The lowest BCUT2D eigenvalue weighted by Crippen LogP contribution is -2.43. The third-order valence-corrected chi connectivity index (χ3v) is 2.19. The van der Waals surface area contributed by atoms with Gasteiger partial charge in [-0.15, -0.1) is 0 Å². The van der Waals surface area contributed by atoms with Gasteiger partial charge in [0.15, 0.2) is 0 Å². The highest BCUT2D eigenvalue weighted by molar-refractivity contribution is 6.01. The highest BCUT2D eigenvalue weighted by Gasteiger charge is 2.16. The average Bonchev–Trinajstić information content (AvgIpc) is 2.28. The first-order valence-electron chi connectivity index (χ1n) is 4.93. The summed E-state index contributed by atoms with van der Waals surface area (Å²) in [4.78, 5) is 22.9. The fourth-order valence-corrected chi connectivity index (χ4v) is 1.26. The van der Waals surface area contributed by atoms with Crippen molar-refractivity contribution in [2.75, 3.05) is 12.8 Å². The molecule has 0 bridgehead atoms. The molecule has 16 heavy (non-hydrogen) atoms. The highest BCUT2D eigenvalue weighted by Crippen LogP contribution is 2.10. The van der Waals surface area contributed by atoms with Crippen LogP contribution in [0.2, 0.25) is 0 Å². The number of benzene rings is 1. The third-order valence-electron chi connectivity index (χ3n) is 2.19. The number of likely N-dealkylation sites (N-methyl/N-ethyl adjacent to an activating group) is 1. The first kappa shape index (κ1) is 12.0. The van der Waals surface area contributed by atoms with E-state index < -0.39 is 6.04 Å². The van der Waals surface area contributed by atoms with Crippen LogP contribution in [0.15, 0.2) is 24.3 Å². The van der Waals surface area contributed by atoms with Gasteiger partial charge in [-0.1, -0.05) is 12.1 Å². The molecule has 0 aliphatic rings. The maximum absolute atomic E-state index is 11.7. The number of carbonyl (C=O) groups excluding carboxylic acids is 2. The molecule has 2 amide bonds. The van der Waals surface area contributed by atoms with Crippen molar-refractivity contribution in [3.63, 3.8) is 0 Å². The lowest BCUT2D eigenvalue weighted by Gasteiger charge is -2.13. The molecule has 0 aliphatic carbocycles. The molecule has 0 radical (unpaired) electrons. The molecule has 1 rings (SSSR count). The van der Waals surface area contributed by atoms with Gasteiger partial charge in [0.1, 0.15) is 6.04 Å². The second-order valence-electron chi connectivity index (χ2n) is 3.40. The molecule has 0 fully saturated rings. The van der Waals surface area contributed by atoms with Crippen molar-refractivity contribution in [2.45, 2.75) is 13.0 Å². The monoisotopic (exact) mass is 221 g/mol. The number of nitrogens with one attached hydrogen (secondary N) is 2. The standard InChI is InChI=1S/C11H15N3O2/c1-7(10(15)13-2)14-11(16)8-5-3-4-6-9(8)12/h3-7H,12H2,1-2H3,(H,13,15)(H,14,16). The van der Waals surface area contributed by atoms with E-state index in [2.05, 4.69) is 10.6 Å². The summed E-state index contributed by atoms with van der Waals surface area (Å²) >= 11 is 0. The van der Waals surface area contributed by atoms with Crippen molar-refractivity contribution >= 4 is 17.5 Å². The lowest BCUT2D eigenvalue weighted by molar-refractivity contribution is -0.122. The van der Waals surface area contributed by atoms with Crippen LogP contribution in [0.25, 0.3) is 0 Å². The Morgan fingerprint density at radius 1 is 1.31 bits per heavy atom. The van der Waals surface area contributed by atoms with Crippen molar-refractivity contribution in [3.8, 4) is 0 Å². The number of hydrogen-bond donors (Lipinski definition) is 3. The minimum absolute atomic E-state index is 0.247. The molecule has 0 aliphatic heterocycles. The van der Waals surface area contributed by atoms with Gasteiger partial charge in [0.05, 0.1) is 5.56 Å². The topological polar surface area (TPSA) is 84.2 Å². The maximum Gasteiger partial charge on any atom is 0.254 e. The zero-order valence-corrected chi connectivity index (χ0v) is 9.28. The van der Waals surface area contributed by atoms with Crippen molar-refractivity contribution in [1.29, 1.82) is 0 Å². The van der Waals surface area contributed by atoms with Gasteiger partial charge < -0.3 is 16.4 Å². The van der Waals surface area contributed by atoms with Crippen LogP contribution in [0.5, 0.6) is 0 Å². The smallest absolute Gasteiger partial charge is 0.254 e. The number of carbonyl (C=O) groups is 2. The summed E-state index contributed by atoms with van der Waals surface area (Å²) in [6.07, 6.45) is 0. The molecule has 0 aromatic heterocycles. The molecule has 0 heterocycles. The molecule has 1 atom stereocenters. The summed E-state index contributed by atoms with van der Waals surface area (Å²) in [6.45, 7) is 1.61. The number of nitrogens with two attached hydrogens (primary N) is 1. The molecule has 4 N–H and O–H groups in total. The quantitative estimate of drug-likeness (QED) is 0.634. The molecule has 1 aromatic rings. The van der Waals surface area contributed by atoms with E-state index in [1.54, 1.807) is 31.2 Å². The van der Waals surface area contributed by atoms with Crippen LogP contribution in [0.3, 0.4) is 0 Å². The van der Waals surface area contributed by atoms with Gasteiger partial charge in [0.25, 0.3) is 5.91 Å². The van der Waals surface area contributed by atoms with Crippen LogP contribution < -0.4 is 16.4 Å². The Labute approximate surface area is 94.0 Å². The molecular weight excluding hydrogens is 206 g/mol. The van der Waals surface area contributed by atoms with E-state index in [4.69, 9.17) is 5.73 Å². The van der Waals surface area contributed by atoms with E-state index in [-0.39, 0.29) is 11.8 Å². The Balaban J connectivity index is 2.73. The second kappa shape index (κ2) is 5.16. The Morgan fingerprint density at radius 2 is 1.94 bits per heavy atom. The van der Waals surface area contributed by atoms with Crippen molar-refractivity contribution < 1.29 is 9.59 Å². The fourth-order valence-electron chi connectivity index (χ4n) is 1.26. The minimum atomic E-state index is -0.586. The van der Waals surface area contributed by atoms with Gasteiger partial charge in [0.2, 0.25) is 5.91 Å². The number of hydrogen-bond acceptors (Lipinski definition) is 3. The van der Waals surface area contributed by atoms with Gasteiger partial charge in [0, 0.05) is 12.7 Å². The van der Waals surface area contributed by atoms with Crippen molar-refractivity contribution in [2.24, 2.45) is 0 Å². The molecule has 5 heteroatoms. The van der Waals surface area contributed by atoms with Gasteiger partial charge in [-0.3, -0.25) is 9.59 Å². The van der Waals surface area contributed by atoms with Crippen molar-refractivity contribution in [1.82, 2.24) is 10.6 Å². The van der Waals surface area contributed by atoms with Crippen LogP contribution in [-0.2, 0) is 4.79 Å². The molecule has 1 unspecified atom stereocenters. The van der Waals surface area contributed by atoms with Gasteiger partial charge in [-0.25, -0.2) is 0 Å². The number of rotatable bonds is 3. The number of anilines is 1. The molecule has 0 saturated carbocycles. The average molecular weight is 221 g/mol. The zero-order chi connectivity index (χ0) is 12.1. The van der Waals surface area contributed by atoms with E-state index in [0.29, 0.717) is 11.3 Å². The summed E-state index contributed by atoms with van der Waals surface area (Å²) in [5.74, 6) is -0.600. The Morgan fingerprint density at radius 3 is 2.50 bits per heavy atom. The Hall–Kier alpha value is -2.04. The predicted molar refractivity (Wildman–Crippen MR) is 61.8 cm³/mol. The summed E-state index contributed by atoms with van der Waals surface area (Å²) in [7, 11) is 1.52. The Bertz CT molecular complexity index is 404. The SMILES string of the molecule is CNC(=O)C(C)NC(=O)c1ccccc1N. The van der Waals surface area contributed by atoms with Crippen LogP contribution in [0, 0.1) is 0 Å². The molecular formula is C11H15N3O2. The van der Waals surface area contributed by atoms with E-state index in [1.807, 2.05) is 0 Å². The molecule has 0 spiro atoms. The van der Waals surface area contributed by atoms with Crippen LogP contribution in [0.1, 0.15) is 17.3 Å². The van der Waals surface area contributed by atoms with Crippen molar-refractivity contribution in [3.05, 3.63) is 29.8 Å². The largest absolute Gasteiger partial charge is 0.398 e. The minimum Gasteiger partial charge on any atom is -0.398 e. The summed E-state index contributed by atoms with van der Waals surface area (Å²) in [5.41, 5.74) is 6.41. The predicted octanol–water partition coefficient (Wildman–Crippen LogP) is 0.133. The summed E-state index contributed by atoms with van der Waals surface area (Å²) < 4.78 is 0. The van der Waals surface area contributed by atoms with Crippen LogP contribution in [-0.4, -0.2) is 24.9 Å². The maximum atomic E-state index is 11.7. The third kappa shape index (κ3) is 2.73. The first-order valence-corrected chi connectivity index (χ1v) is 4.93. The van der Waals surface area contributed by atoms with Gasteiger partial charge in [-0.05, 0) is 19.1 Å². The first-order chi connectivity index (χ1) is 7.56. The summed E-state index contributed by atoms with van der Waals surface area (Å²) in [5, 5.41) is 5.01. The summed E-state index contributed by atoms with van der Waals surface area (Å²) in [6, 6.07) is 6.13. The normalized spacial score (nSPS) is 11.6. The lowest BCUT2D eigenvalue weighted by atomic mass is 10.1. The van der Waals surface area contributed by atoms with E-state index in [1.165, 1.54) is 7.05 Å². The Kier molecular flexibility index (Phi) is 3.88. The van der Waals surface area contributed by atoms with Crippen LogP contribution in [0.4, 0.5) is 5.69 Å². The second-order valence-corrected chi connectivity index (χ2v) is 3.40. The molecule has 86 valence electrons. The van der Waals surface area contributed by atoms with E-state index in [9.17, 15) is 9.59 Å². The van der Waals surface area contributed by atoms with E-state index in [0.717, 1.165) is 0 Å². The van der Waals surface area contributed by atoms with Gasteiger partial charge in [-0.2, -0.15) is 0 Å². The number of para-hydroxylation sites is 1.